The molecule has 2 aliphatic rings. The van der Waals surface area contributed by atoms with Crippen LogP contribution in [0.4, 0.5) is 0 Å². The molecule has 2 N–H and O–H groups in total. The number of β-amino-alcohol motifs (C(OH)–C–C–N with tert-alkyl or cyclic N) is 1. The maximum absolute atomic E-state index is 13.9. The number of nitrogens with one attached hydrogen (secondary N) is 1. The van der Waals surface area contributed by atoms with E-state index >= 15 is 0 Å². The summed E-state index contributed by atoms with van der Waals surface area (Å²) in [5.41, 5.74) is 3.28. The van der Waals surface area contributed by atoms with Gasteiger partial charge < -0.3 is 15.3 Å². The SMILES string of the molecule is Cn1cc(CNC(=O)C2CC(O)CN2C(=O)[C@@H](n2cc(C3CC3)nn2)C(C)(C)C)c(-c2ccc(C#N)cc2)n1. The highest BCUT2D eigenvalue weighted by atomic mass is 16.3. The van der Waals surface area contributed by atoms with Crippen molar-refractivity contribution in [1.29, 1.82) is 5.26 Å². The highest BCUT2D eigenvalue weighted by molar-refractivity contribution is 5.90. The molecule has 204 valence electrons. The second kappa shape index (κ2) is 10.3. The van der Waals surface area contributed by atoms with Crippen LogP contribution in [0.3, 0.4) is 0 Å². The number of aliphatic hydroxyl groups is 1. The Morgan fingerprint density at radius 2 is 1.92 bits per heavy atom. The van der Waals surface area contributed by atoms with Crippen LogP contribution in [0.5, 0.6) is 0 Å². The molecule has 1 aliphatic heterocycles. The van der Waals surface area contributed by atoms with Crippen LogP contribution in [0, 0.1) is 16.7 Å². The summed E-state index contributed by atoms with van der Waals surface area (Å²) < 4.78 is 3.29. The lowest BCUT2D eigenvalue weighted by Gasteiger charge is -2.34. The largest absolute Gasteiger partial charge is 0.391 e. The summed E-state index contributed by atoms with van der Waals surface area (Å²) in [5, 5.41) is 35.6. The smallest absolute Gasteiger partial charge is 0.248 e. The molecule has 3 heterocycles. The molecular formula is C28H34N8O3. The molecule has 0 spiro atoms. The van der Waals surface area contributed by atoms with E-state index in [4.69, 9.17) is 5.26 Å². The van der Waals surface area contributed by atoms with Gasteiger partial charge >= 0.3 is 0 Å². The molecule has 3 aromatic rings. The van der Waals surface area contributed by atoms with Crippen molar-refractivity contribution in [1.82, 2.24) is 35.0 Å². The van der Waals surface area contributed by atoms with E-state index in [9.17, 15) is 14.7 Å². The Kier molecular flexibility index (Phi) is 6.99. The first-order valence-corrected chi connectivity index (χ1v) is 13.3. The van der Waals surface area contributed by atoms with Crippen LogP contribution >= 0.6 is 0 Å². The molecule has 5 rings (SSSR count). The number of rotatable bonds is 7. The van der Waals surface area contributed by atoms with E-state index in [0.717, 1.165) is 29.7 Å². The summed E-state index contributed by atoms with van der Waals surface area (Å²) in [4.78, 5) is 28.8. The zero-order valence-corrected chi connectivity index (χ0v) is 22.7. The summed E-state index contributed by atoms with van der Waals surface area (Å²) >= 11 is 0. The Balaban J connectivity index is 1.33. The number of nitrogens with zero attached hydrogens (tertiary/aromatic N) is 7. The standard InChI is InChI=1S/C28H34N8O3/c1-28(2,3)25(36-16-22(31-33-36)18-9-10-18)27(39)35-15-21(37)11-23(35)26(38)30-13-20-14-34(4)32-24(20)19-7-5-17(12-29)6-8-19/h5-8,14,16,18,21,23,25,37H,9-11,13,15H2,1-4H3,(H,30,38)/t21?,23?,25-/m1/s1. The molecule has 2 amide bonds. The summed E-state index contributed by atoms with van der Waals surface area (Å²) in [7, 11) is 1.80. The third kappa shape index (κ3) is 5.56. The van der Waals surface area contributed by atoms with Crippen molar-refractivity contribution in [2.75, 3.05) is 6.54 Å². The Hall–Kier alpha value is -4.04. The normalized spacial score (nSPS) is 20.1. The van der Waals surface area contributed by atoms with Gasteiger partial charge in [0.2, 0.25) is 11.8 Å². The Morgan fingerprint density at radius 3 is 2.56 bits per heavy atom. The first kappa shape index (κ1) is 26.6. The number of aromatic nitrogens is 5. The van der Waals surface area contributed by atoms with Gasteiger partial charge in [0.25, 0.3) is 0 Å². The molecular weight excluding hydrogens is 496 g/mol. The highest BCUT2D eigenvalue weighted by Gasteiger charge is 2.45. The van der Waals surface area contributed by atoms with Crippen LogP contribution in [-0.4, -0.2) is 65.3 Å². The molecule has 1 aromatic carbocycles. The molecule has 0 bridgehead atoms. The molecule has 1 aliphatic carbocycles. The number of hydrogen-bond acceptors (Lipinski definition) is 7. The minimum Gasteiger partial charge on any atom is -0.391 e. The van der Waals surface area contributed by atoms with E-state index in [0.29, 0.717) is 17.2 Å². The van der Waals surface area contributed by atoms with Gasteiger partial charge in [-0.25, -0.2) is 4.68 Å². The van der Waals surface area contributed by atoms with E-state index in [1.165, 1.54) is 4.90 Å². The van der Waals surface area contributed by atoms with Crippen molar-refractivity contribution < 1.29 is 14.7 Å². The van der Waals surface area contributed by atoms with Gasteiger partial charge in [-0.05, 0) is 30.4 Å². The van der Waals surface area contributed by atoms with Crippen molar-refractivity contribution in [2.24, 2.45) is 12.5 Å². The van der Waals surface area contributed by atoms with Gasteiger partial charge in [-0.1, -0.05) is 38.1 Å². The van der Waals surface area contributed by atoms with Gasteiger partial charge in [0, 0.05) is 56.0 Å². The molecule has 3 atom stereocenters. The zero-order valence-electron chi connectivity index (χ0n) is 22.7. The molecule has 1 saturated carbocycles. The van der Waals surface area contributed by atoms with E-state index in [1.807, 2.05) is 45.3 Å². The van der Waals surface area contributed by atoms with Crippen molar-refractivity contribution in [3.05, 3.63) is 53.5 Å². The number of hydrogen-bond donors (Lipinski definition) is 2. The lowest BCUT2D eigenvalue weighted by Crippen LogP contribution is -2.50. The molecule has 2 fully saturated rings. The molecule has 11 nitrogen and oxygen atoms in total. The van der Waals surface area contributed by atoms with Gasteiger partial charge in [-0.2, -0.15) is 10.4 Å². The number of benzene rings is 1. The minimum atomic E-state index is -0.807. The summed E-state index contributed by atoms with van der Waals surface area (Å²) in [5.74, 6) is -0.186. The third-order valence-corrected chi connectivity index (χ3v) is 7.35. The van der Waals surface area contributed by atoms with Crippen molar-refractivity contribution in [2.45, 2.75) is 70.7 Å². The number of carbonyl (C=O) groups excluding carboxylic acids is 2. The van der Waals surface area contributed by atoms with E-state index in [1.54, 1.807) is 28.5 Å². The summed E-state index contributed by atoms with van der Waals surface area (Å²) in [6, 6.07) is 7.73. The van der Waals surface area contributed by atoms with Crippen LogP contribution in [0.2, 0.25) is 0 Å². The summed E-state index contributed by atoms with van der Waals surface area (Å²) in [6.45, 7) is 6.17. The first-order chi connectivity index (χ1) is 18.5. The lowest BCUT2D eigenvalue weighted by molar-refractivity contribution is -0.144. The van der Waals surface area contributed by atoms with Gasteiger partial charge in [0.15, 0.2) is 0 Å². The van der Waals surface area contributed by atoms with Gasteiger partial charge in [0.05, 0.1) is 29.1 Å². The fourth-order valence-electron chi connectivity index (χ4n) is 5.24. The lowest BCUT2D eigenvalue weighted by atomic mass is 9.85. The number of nitriles is 1. The molecule has 39 heavy (non-hydrogen) atoms. The third-order valence-electron chi connectivity index (χ3n) is 7.35. The topological polar surface area (TPSA) is 142 Å². The minimum absolute atomic E-state index is 0.0804. The average Bonchev–Trinajstić information content (AvgIpc) is 3.31. The number of aryl methyl sites for hydroxylation is 1. The van der Waals surface area contributed by atoms with E-state index in [2.05, 4.69) is 26.8 Å². The van der Waals surface area contributed by atoms with Crippen molar-refractivity contribution in [3.63, 3.8) is 0 Å². The van der Waals surface area contributed by atoms with E-state index < -0.39 is 23.6 Å². The van der Waals surface area contributed by atoms with Gasteiger partial charge in [-0.15, -0.1) is 5.10 Å². The molecule has 1 saturated heterocycles. The maximum Gasteiger partial charge on any atom is 0.248 e. The van der Waals surface area contributed by atoms with Crippen LogP contribution in [-0.2, 0) is 23.2 Å². The number of aliphatic hydroxyl groups excluding tert-OH is 1. The van der Waals surface area contributed by atoms with Crippen LogP contribution in [0.25, 0.3) is 11.3 Å². The van der Waals surface area contributed by atoms with Gasteiger partial charge in [0.1, 0.15) is 12.1 Å². The van der Waals surface area contributed by atoms with Crippen molar-refractivity contribution in [3.8, 4) is 17.3 Å². The Morgan fingerprint density at radius 1 is 1.21 bits per heavy atom. The Labute approximate surface area is 227 Å². The average molecular weight is 531 g/mol. The molecule has 11 heteroatoms. The number of amides is 2. The van der Waals surface area contributed by atoms with Crippen LogP contribution in [0.15, 0.2) is 36.7 Å². The molecule has 2 unspecified atom stereocenters. The highest BCUT2D eigenvalue weighted by Crippen LogP contribution is 2.40. The van der Waals surface area contributed by atoms with Crippen LogP contribution < -0.4 is 5.32 Å². The molecule has 0 radical (unpaired) electrons. The molecule has 2 aromatic heterocycles. The first-order valence-electron chi connectivity index (χ1n) is 13.3. The Bertz CT molecular complexity index is 1410. The number of likely N-dealkylation sites (tertiary alicyclic amines) is 1. The fraction of sp³-hybridized carbons (Fsp3) is 0.500. The monoisotopic (exact) mass is 530 g/mol. The second-order valence-electron chi connectivity index (χ2n) is 11.6. The second-order valence-corrected chi connectivity index (χ2v) is 11.6. The van der Waals surface area contributed by atoms with Crippen LogP contribution in [0.1, 0.15) is 68.8 Å². The predicted octanol–water partition coefficient (Wildman–Crippen LogP) is 2.29. The quantitative estimate of drug-likeness (QED) is 0.477. The maximum atomic E-state index is 13.9. The predicted molar refractivity (Wildman–Crippen MR) is 142 cm³/mol. The summed E-state index contributed by atoms with van der Waals surface area (Å²) in [6.07, 6.45) is 5.21. The van der Waals surface area contributed by atoms with Crippen molar-refractivity contribution >= 4 is 11.8 Å². The number of carbonyl (C=O) groups is 2. The fourth-order valence-corrected chi connectivity index (χ4v) is 5.24. The van der Waals surface area contributed by atoms with Gasteiger partial charge in [-0.3, -0.25) is 14.3 Å². The van der Waals surface area contributed by atoms with E-state index in [-0.39, 0.29) is 31.3 Å². The zero-order chi connectivity index (χ0) is 27.9.